The topological polar surface area (TPSA) is 66.9 Å². The second kappa shape index (κ2) is 5.07. The third-order valence-corrected chi connectivity index (χ3v) is 2.25. The number of rotatable bonds is 3. The number of carbonyl (C=O) groups is 1. The van der Waals surface area contributed by atoms with Crippen molar-refractivity contribution in [3.8, 4) is 0 Å². The molecule has 0 aliphatic heterocycles. The van der Waals surface area contributed by atoms with Crippen LogP contribution in [0.5, 0.6) is 0 Å². The van der Waals surface area contributed by atoms with Gasteiger partial charge in [0.25, 0.3) is 5.91 Å². The zero-order valence-corrected chi connectivity index (χ0v) is 9.34. The first-order valence-electron chi connectivity index (χ1n) is 5.16. The van der Waals surface area contributed by atoms with Gasteiger partial charge < -0.3 is 10.6 Å². The van der Waals surface area contributed by atoms with Crippen LogP contribution in [0.25, 0.3) is 0 Å². The molecule has 1 aromatic carbocycles. The van der Waals surface area contributed by atoms with Crippen LogP contribution < -0.4 is 10.6 Å². The molecular formula is C12H12N4O. The lowest BCUT2D eigenvalue weighted by atomic mass is 10.2. The first-order chi connectivity index (χ1) is 8.29. The molecule has 0 atom stereocenters. The number of nitrogens with one attached hydrogen (secondary N) is 2. The molecule has 0 radical (unpaired) electrons. The summed E-state index contributed by atoms with van der Waals surface area (Å²) in [6.45, 7) is 0. The molecule has 5 nitrogen and oxygen atoms in total. The van der Waals surface area contributed by atoms with Gasteiger partial charge in [0.1, 0.15) is 0 Å². The average Bonchev–Trinajstić information content (AvgIpc) is 2.40. The maximum Gasteiger partial charge on any atom is 0.256 e. The van der Waals surface area contributed by atoms with Crippen molar-refractivity contribution in [2.75, 3.05) is 17.7 Å². The summed E-state index contributed by atoms with van der Waals surface area (Å²) in [4.78, 5) is 11.8. The normalized spacial score (nSPS) is 9.71. The van der Waals surface area contributed by atoms with Crippen LogP contribution in [0.2, 0.25) is 0 Å². The van der Waals surface area contributed by atoms with Gasteiger partial charge in [-0.05, 0) is 36.4 Å². The van der Waals surface area contributed by atoms with Crippen molar-refractivity contribution < 1.29 is 4.79 Å². The largest absolute Gasteiger partial charge is 0.388 e. The average molecular weight is 228 g/mol. The summed E-state index contributed by atoms with van der Waals surface area (Å²) >= 11 is 0. The van der Waals surface area contributed by atoms with Gasteiger partial charge in [-0.2, -0.15) is 5.10 Å². The lowest BCUT2D eigenvalue weighted by Crippen LogP contribution is -2.13. The molecule has 1 aromatic heterocycles. The lowest BCUT2D eigenvalue weighted by Gasteiger charge is -2.04. The van der Waals surface area contributed by atoms with E-state index in [1.54, 1.807) is 30.5 Å². The Balaban J connectivity index is 2.09. The van der Waals surface area contributed by atoms with Crippen molar-refractivity contribution in [3.63, 3.8) is 0 Å². The highest BCUT2D eigenvalue weighted by molar-refractivity contribution is 6.03. The Hall–Kier alpha value is -2.43. The molecule has 17 heavy (non-hydrogen) atoms. The van der Waals surface area contributed by atoms with Gasteiger partial charge in [-0.3, -0.25) is 4.79 Å². The molecule has 0 fully saturated rings. The summed E-state index contributed by atoms with van der Waals surface area (Å²) in [7, 11) is 1.83. The molecule has 0 aliphatic rings. The zero-order valence-electron chi connectivity index (χ0n) is 9.34. The van der Waals surface area contributed by atoms with Crippen LogP contribution in [0.3, 0.4) is 0 Å². The molecule has 0 unspecified atom stereocenters. The van der Waals surface area contributed by atoms with E-state index >= 15 is 0 Å². The number of anilines is 2. The van der Waals surface area contributed by atoms with Crippen LogP contribution in [-0.4, -0.2) is 23.2 Å². The van der Waals surface area contributed by atoms with Gasteiger partial charge in [0.2, 0.25) is 0 Å². The van der Waals surface area contributed by atoms with Crippen LogP contribution in [0.15, 0.2) is 42.6 Å². The monoisotopic (exact) mass is 228 g/mol. The van der Waals surface area contributed by atoms with Crippen molar-refractivity contribution in [2.45, 2.75) is 0 Å². The van der Waals surface area contributed by atoms with Crippen LogP contribution >= 0.6 is 0 Å². The SMILES string of the molecule is CNc1ccc(C(=O)Nc2cccnn2)cc1. The fraction of sp³-hybridized carbons (Fsp3) is 0.0833. The van der Waals surface area contributed by atoms with E-state index in [0.717, 1.165) is 5.69 Å². The summed E-state index contributed by atoms with van der Waals surface area (Å²) in [6.07, 6.45) is 1.55. The highest BCUT2D eigenvalue weighted by atomic mass is 16.1. The van der Waals surface area contributed by atoms with Crippen molar-refractivity contribution in [3.05, 3.63) is 48.2 Å². The molecule has 0 saturated carbocycles. The van der Waals surface area contributed by atoms with E-state index < -0.39 is 0 Å². The van der Waals surface area contributed by atoms with E-state index in [1.165, 1.54) is 0 Å². The number of amides is 1. The first kappa shape index (κ1) is 11.1. The number of benzene rings is 1. The van der Waals surface area contributed by atoms with Crippen molar-refractivity contribution in [1.82, 2.24) is 10.2 Å². The Kier molecular flexibility index (Phi) is 3.30. The molecule has 0 aliphatic carbocycles. The summed E-state index contributed by atoms with van der Waals surface area (Å²) in [5.41, 5.74) is 1.54. The second-order valence-electron chi connectivity index (χ2n) is 3.39. The molecule has 2 aromatic rings. The molecule has 2 rings (SSSR count). The fourth-order valence-electron chi connectivity index (χ4n) is 1.34. The molecule has 1 heterocycles. The second-order valence-corrected chi connectivity index (χ2v) is 3.39. The summed E-state index contributed by atoms with van der Waals surface area (Å²) in [5, 5.41) is 13.1. The molecule has 2 N–H and O–H groups in total. The quantitative estimate of drug-likeness (QED) is 0.840. The van der Waals surface area contributed by atoms with Gasteiger partial charge in [0.05, 0.1) is 0 Å². The molecule has 86 valence electrons. The molecular weight excluding hydrogens is 216 g/mol. The van der Waals surface area contributed by atoms with Gasteiger partial charge in [-0.25, -0.2) is 0 Å². The Morgan fingerprint density at radius 3 is 2.53 bits per heavy atom. The molecule has 1 amide bonds. The zero-order chi connectivity index (χ0) is 12.1. The summed E-state index contributed by atoms with van der Waals surface area (Å²) in [6, 6.07) is 10.6. The van der Waals surface area contributed by atoms with Gasteiger partial charge in [0, 0.05) is 24.5 Å². The smallest absolute Gasteiger partial charge is 0.256 e. The molecule has 0 bridgehead atoms. The van der Waals surface area contributed by atoms with Gasteiger partial charge in [-0.15, -0.1) is 5.10 Å². The number of carbonyl (C=O) groups excluding carboxylic acids is 1. The van der Waals surface area contributed by atoms with E-state index in [-0.39, 0.29) is 5.91 Å². The minimum absolute atomic E-state index is 0.201. The van der Waals surface area contributed by atoms with E-state index in [2.05, 4.69) is 20.8 Å². The predicted octanol–water partition coefficient (Wildman–Crippen LogP) is 1.77. The Morgan fingerprint density at radius 1 is 1.18 bits per heavy atom. The standard InChI is InChI=1S/C12H12N4O/c1-13-10-6-4-9(5-7-10)12(17)15-11-3-2-8-14-16-11/h2-8,13H,1H3,(H,15,16,17). The molecule has 5 heteroatoms. The minimum atomic E-state index is -0.201. The Labute approximate surface area is 98.9 Å². The number of nitrogens with zero attached hydrogens (tertiary/aromatic N) is 2. The number of hydrogen-bond donors (Lipinski definition) is 2. The van der Waals surface area contributed by atoms with Gasteiger partial charge in [-0.1, -0.05) is 0 Å². The highest BCUT2D eigenvalue weighted by Crippen LogP contribution is 2.10. The molecule has 0 spiro atoms. The Morgan fingerprint density at radius 2 is 1.94 bits per heavy atom. The van der Waals surface area contributed by atoms with E-state index in [9.17, 15) is 4.79 Å². The number of aromatic nitrogens is 2. The fourth-order valence-corrected chi connectivity index (χ4v) is 1.34. The summed E-state index contributed by atoms with van der Waals surface area (Å²) < 4.78 is 0. The first-order valence-corrected chi connectivity index (χ1v) is 5.16. The van der Waals surface area contributed by atoms with Crippen molar-refractivity contribution in [2.24, 2.45) is 0 Å². The van der Waals surface area contributed by atoms with Crippen molar-refractivity contribution >= 4 is 17.4 Å². The maximum absolute atomic E-state index is 11.8. The minimum Gasteiger partial charge on any atom is -0.388 e. The van der Waals surface area contributed by atoms with Gasteiger partial charge >= 0.3 is 0 Å². The van der Waals surface area contributed by atoms with Crippen molar-refractivity contribution in [1.29, 1.82) is 0 Å². The van der Waals surface area contributed by atoms with Crippen LogP contribution in [0.1, 0.15) is 10.4 Å². The van der Waals surface area contributed by atoms with Gasteiger partial charge in [0.15, 0.2) is 5.82 Å². The molecule has 0 saturated heterocycles. The van der Waals surface area contributed by atoms with Crippen LogP contribution in [0.4, 0.5) is 11.5 Å². The lowest BCUT2D eigenvalue weighted by molar-refractivity contribution is 0.102. The van der Waals surface area contributed by atoms with E-state index in [1.807, 2.05) is 19.2 Å². The Bertz CT molecular complexity index is 496. The summed E-state index contributed by atoms with van der Waals surface area (Å²) in [5.74, 6) is 0.239. The van der Waals surface area contributed by atoms with Crippen LogP contribution in [0, 0.1) is 0 Å². The number of hydrogen-bond acceptors (Lipinski definition) is 4. The van der Waals surface area contributed by atoms with Crippen LogP contribution in [-0.2, 0) is 0 Å². The third kappa shape index (κ3) is 2.78. The third-order valence-electron chi connectivity index (χ3n) is 2.25. The highest BCUT2D eigenvalue weighted by Gasteiger charge is 2.06. The van der Waals surface area contributed by atoms with E-state index in [0.29, 0.717) is 11.4 Å². The van der Waals surface area contributed by atoms with E-state index in [4.69, 9.17) is 0 Å². The predicted molar refractivity (Wildman–Crippen MR) is 66.0 cm³/mol. The maximum atomic E-state index is 11.8.